The van der Waals surface area contributed by atoms with Gasteiger partial charge < -0.3 is 20.9 Å². The first-order valence-electron chi connectivity index (χ1n) is 10.5. The molecule has 0 radical (unpaired) electrons. The summed E-state index contributed by atoms with van der Waals surface area (Å²) in [7, 11) is 0. The molecule has 4 rings (SSSR count). The second-order valence-corrected chi connectivity index (χ2v) is 10.4. The number of aliphatic carboxylic acids is 1. The highest BCUT2D eigenvalue weighted by Crippen LogP contribution is 2.48. The number of carbonyl (C=O) groups is 2. The maximum absolute atomic E-state index is 12.3. The van der Waals surface area contributed by atoms with E-state index in [1.807, 2.05) is 12.1 Å². The minimum atomic E-state index is -0.934. The SMILES string of the molecule is Cc1cc2c(c(C)c1-c1ccc(N)s1)C(C)C[C@@H](c1ccc(C(=O)NCCC(=O)O)s1)O2. The van der Waals surface area contributed by atoms with Gasteiger partial charge in [0.25, 0.3) is 5.91 Å². The van der Waals surface area contributed by atoms with Crippen LogP contribution in [0.2, 0.25) is 0 Å². The zero-order chi connectivity index (χ0) is 23.0. The van der Waals surface area contributed by atoms with E-state index in [0.29, 0.717) is 10.8 Å². The number of hydrogen-bond donors (Lipinski definition) is 3. The fourth-order valence-corrected chi connectivity index (χ4v) is 6.28. The van der Waals surface area contributed by atoms with Crippen LogP contribution in [-0.4, -0.2) is 23.5 Å². The normalized spacial score (nSPS) is 17.5. The van der Waals surface area contributed by atoms with Crippen molar-refractivity contribution in [1.82, 2.24) is 5.32 Å². The van der Waals surface area contributed by atoms with Crippen molar-refractivity contribution in [2.75, 3.05) is 12.3 Å². The summed E-state index contributed by atoms with van der Waals surface area (Å²) in [4.78, 5) is 25.7. The van der Waals surface area contributed by atoms with Crippen LogP contribution in [0.3, 0.4) is 0 Å². The summed E-state index contributed by atoms with van der Waals surface area (Å²) in [5, 5.41) is 12.2. The Morgan fingerprint density at radius 1 is 1.22 bits per heavy atom. The van der Waals surface area contributed by atoms with E-state index < -0.39 is 5.97 Å². The Kier molecular flexibility index (Phi) is 6.26. The first-order valence-corrected chi connectivity index (χ1v) is 12.1. The number of nitrogens with two attached hydrogens (primary N) is 1. The Morgan fingerprint density at radius 3 is 2.69 bits per heavy atom. The quantitative estimate of drug-likeness (QED) is 0.441. The number of aryl methyl sites for hydroxylation is 1. The molecular weight excluding hydrogens is 444 g/mol. The van der Waals surface area contributed by atoms with E-state index in [4.69, 9.17) is 15.6 Å². The summed E-state index contributed by atoms with van der Waals surface area (Å²) in [6.07, 6.45) is 0.608. The van der Waals surface area contributed by atoms with Crippen molar-refractivity contribution in [2.24, 2.45) is 0 Å². The molecule has 0 aliphatic carbocycles. The van der Waals surface area contributed by atoms with Gasteiger partial charge in [0.2, 0.25) is 0 Å². The van der Waals surface area contributed by atoms with Crippen LogP contribution < -0.4 is 15.8 Å². The molecule has 1 amide bonds. The fraction of sp³-hybridized carbons (Fsp3) is 0.333. The van der Waals surface area contributed by atoms with Crippen LogP contribution in [0, 0.1) is 13.8 Å². The largest absolute Gasteiger partial charge is 0.485 e. The number of thiophene rings is 2. The van der Waals surface area contributed by atoms with E-state index in [0.717, 1.165) is 27.6 Å². The van der Waals surface area contributed by atoms with Crippen molar-refractivity contribution >= 4 is 39.6 Å². The lowest BCUT2D eigenvalue weighted by Gasteiger charge is -2.32. The summed E-state index contributed by atoms with van der Waals surface area (Å²) < 4.78 is 6.43. The molecule has 32 heavy (non-hydrogen) atoms. The van der Waals surface area contributed by atoms with Crippen molar-refractivity contribution in [3.63, 3.8) is 0 Å². The van der Waals surface area contributed by atoms with Gasteiger partial charge in [-0.05, 0) is 73.2 Å². The van der Waals surface area contributed by atoms with Gasteiger partial charge in [-0.25, -0.2) is 0 Å². The summed E-state index contributed by atoms with van der Waals surface area (Å²) in [6.45, 7) is 6.59. The highest BCUT2D eigenvalue weighted by molar-refractivity contribution is 7.19. The van der Waals surface area contributed by atoms with E-state index in [9.17, 15) is 9.59 Å². The highest BCUT2D eigenvalue weighted by Gasteiger charge is 2.31. The van der Waals surface area contributed by atoms with E-state index in [-0.39, 0.29) is 25.0 Å². The van der Waals surface area contributed by atoms with Crippen molar-refractivity contribution < 1.29 is 19.4 Å². The van der Waals surface area contributed by atoms with Gasteiger partial charge >= 0.3 is 5.97 Å². The number of nitrogens with one attached hydrogen (secondary N) is 1. The Labute approximate surface area is 195 Å². The Balaban J connectivity index is 1.56. The van der Waals surface area contributed by atoms with Crippen LogP contribution >= 0.6 is 22.7 Å². The summed E-state index contributed by atoms with van der Waals surface area (Å²) in [6, 6.07) is 9.85. The van der Waals surface area contributed by atoms with Gasteiger partial charge in [-0.3, -0.25) is 9.59 Å². The molecular formula is C24H26N2O4S2. The number of benzene rings is 1. The number of carboxylic acids is 1. The number of hydrogen-bond acceptors (Lipinski definition) is 6. The molecule has 0 spiro atoms. The molecule has 0 saturated heterocycles. The predicted octanol–water partition coefficient (Wildman–Crippen LogP) is 5.51. The number of amides is 1. The molecule has 0 bridgehead atoms. The second-order valence-electron chi connectivity index (χ2n) is 8.15. The highest BCUT2D eigenvalue weighted by atomic mass is 32.1. The topological polar surface area (TPSA) is 102 Å². The van der Waals surface area contributed by atoms with E-state index in [2.05, 4.69) is 38.2 Å². The third-order valence-electron chi connectivity index (χ3n) is 5.78. The minimum absolute atomic E-state index is 0.0945. The van der Waals surface area contributed by atoms with Crippen molar-refractivity contribution in [3.8, 4) is 16.2 Å². The lowest BCUT2D eigenvalue weighted by molar-refractivity contribution is -0.136. The Morgan fingerprint density at radius 2 is 2.00 bits per heavy atom. The average Bonchev–Trinajstić information content (AvgIpc) is 3.36. The van der Waals surface area contributed by atoms with Gasteiger partial charge in [0.1, 0.15) is 11.9 Å². The standard InChI is InChI=1S/C24H26N2O4S2/c1-12-10-15(17-4-5-19(31-17)24(29)26-9-8-21(27)28)30-16-11-13(2)23(14(3)22(12)16)18-6-7-20(25)32-18/h4-7,11-12,15H,8-10,25H2,1-3H3,(H,26,29)(H,27,28)/t12?,15-/m0/s1. The van der Waals surface area contributed by atoms with Crippen LogP contribution in [0.25, 0.3) is 10.4 Å². The van der Waals surface area contributed by atoms with Crippen LogP contribution in [-0.2, 0) is 4.79 Å². The monoisotopic (exact) mass is 470 g/mol. The average molecular weight is 471 g/mol. The summed E-state index contributed by atoms with van der Waals surface area (Å²) >= 11 is 3.00. The maximum Gasteiger partial charge on any atom is 0.305 e. The molecule has 0 saturated carbocycles. The summed E-state index contributed by atoms with van der Waals surface area (Å²) in [5.74, 6) is 0.0169. The van der Waals surface area contributed by atoms with E-state index >= 15 is 0 Å². The van der Waals surface area contributed by atoms with Gasteiger partial charge in [-0.2, -0.15) is 0 Å². The molecule has 2 atom stereocenters. The van der Waals surface area contributed by atoms with Crippen molar-refractivity contribution in [3.05, 3.63) is 56.8 Å². The molecule has 8 heteroatoms. The molecule has 168 valence electrons. The summed E-state index contributed by atoms with van der Waals surface area (Å²) in [5.41, 5.74) is 10.8. The van der Waals surface area contributed by atoms with Crippen LogP contribution in [0.4, 0.5) is 5.00 Å². The number of nitrogen functional groups attached to an aromatic ring is 1. The lowest BCUT2D eigenvalue weighted by Crippen LogP contribution is -2.25. The molecule has 1 aromatic carbocycles. The molecule has 6 nitrogen and oxygen atoms in total. The van der Waals surface area contributed by atoms with Gasteiger partial charge in [0, 0.05) is 21.9 Å². The molecule has 2 aromatic heterocycles. The maximum atomic E-state index is 12.3. The third kappa shape index (κ3) is 4.38. The van der Waals surface area contributed by atoms with Crippen LogP contribution in [0.1, 0.15) is 63.0 Å². The first kappa shape index (κ1) is 22.4. The smallest absolute Gasteiger partial charge is 0.305 e. The molecule has 1 aliphatic heterocycles. The van der Waals surface area contributed by atoms with Crippen molar-refractivity contribution in [1.29, 1.82) is 0 Å². The minimum Gasteiger partial charge on any atom is -0.485 e. The number of fused-ring (bicyclic) bond motifs is 1. The molecule has 3 heterocycles. The number of carbonyl (C=O) groups excluding carboxylic acids is 1. The molecule has 0 fully saturated rings. The van der Waals surface area contributed by atoms with Gasteiger partial charge in [-0.1, -0.05) is 6.92 Å². The fourth-order valence-electron chi connectivity index (χ4n) is 4.37. The van der Waals surface area contributed by atoms with E-state index in [1.165, 1.54) is 32.9 Å². The van der Waals surface area contributed by atoms with Gasteiger partial charge in [0.05, 0.1) is 16.3 Å². The lowest BCUT2D eigenvalue weighted by atomic mass is 9.84. The number of rotatable bonds is 6. The third-order valence-corrected chi connectivity index (χ3v) is 7.89. The Hall–Kier alpha value is -2.84. The van der Waals surface area contributed by atoms with Crippen LogP contribution in [0.5, 0.6) is 5.75 Å². The van der Waals surface area contributed by atoms with Gasteiger partial charge in [0.15, 0.2) is 0 Å². The predicted molar refractivity (Wildman–Crippen MR) is 129 cm³/mol. The zero-order valence-corrected chi connectivity index (χ0v) is 19.9. The second kappa shape index (κ2) is 8.96. The zero-order valence-electron chi connectivity index (χ0n) is 18.2. The number of anilines is 1. The number of carboxylic acid groups (broad SMARTS) is 1. The first-order chi connectivity index (χ1) is 15.2. The van der Waals surface area contributed by atoms with Crippen molar-refractivity contribution in [2.45, 2.75) is 45.6 Å². The number of ether oxygens (including phenoxy) is 1. The van der Waals surface area contributed by atoms with Crippen LogP contribution in [0.15, 0.2) is 30.3 Å². The molecule has 1 unspecified atom stereocenters. The van der Waals surface area contributed by atoms with Gasteiger partial charge in [-0.15, -0.1) is 22.7 Å². The molecule has 4 N–H and O–H groups in total. The molecule has 3 aromatic rings. The molecule has 1 aliphatic rings. The van der Waals surface area contributed by atoms with E-state index in [1.54, 1.807) is 17.4 Å². The Bertz CT molecular complexity index is 1180.